The third kappa shape index (κ3) is 11.8. The molecule has 0 fully saturated rings. The number of hydrogen-bond donors (Lipinski definition) is 7. The van der Waals surface area contributed by atoms with Crippen LogP contribution in [0.1, 0.15) is 71.1 Å². The number of amides is 4. The van der Waals surface area contributed by atoms with Crippen molar-refractivity contribution < 1.29 is 29.1 Å². The van der Waals surface area contributed by atoms with E-state index in [0.717, 1.165) is 33.8 Å². The minimum Gasteiger partial charge on any atom is -0.480 e. The summed E-state index contributed by atoms with van der Waals surface area (Å²) in [6.45, 7) is 9.52. The molecule has 2 aromatic carbocycles. The average molecular weight is 692 g/mol. The van der Waals surface area contributed by atoms with Crippen LogP contribution in [-0.4, -0.2) is 76.9 Å². The van der Waals surface area contributed by atoms with Crippen molar-refractivity contribution in [1.82, 2.24) is 26.3 Å². The van der Waals surface area contributed by atoms with Crippen molar-refractivity contribution in [2.24, 2.45) is 23.3 Å². The second kappa shape index (κ2) is 19.0. The maximum Gasteiger partial charge on any atom is 0.326 e. The Bertz CT molecular complexity index is 1660. The van der Waals surface area contributed by atoms with Gasteiger partial charge in [-0.15, -0.1) is 0 Å². The molecule has 0 aliphatic carbocycles. The van der Waals surface area contributed by atoms with Gasteiger partial charge < -0.3 is 37.8 Å². The summed E-state index contributed by atoms with van der Waals surface area (Å²) in [6, 6.07) is 9.38. The van der Waals surface area contributed by atoms with Crippen molar-refractivity contribution in [2.45, 2.75) is 97.3 Å². The fourth-order valence-electron chi connectivity index (χ4n) is 5.86. The van der Waals surface area contributed by atoms with Crippen molar-refractivity contribution in [1.29, 1.82) is 0 Å². The van der Waals surface area contributed by atoms with Gasteiger partial charge in [0.25, 0.3) is 0 Å². The summed E-state index contributed by atoms with van der Waals surface area (Å²) in [6.07, 6.45) is 2.46. The van der Waals surface area contributed by atoms with E-state index in [1.807, 2.05) is 77.1 Å². The van der Waals surface area contributed by atoms with Gasteiger partial charge in [0.15, 0.2) is 0 Å². The Labute approximate surface area is 293 Å². The second-order valence-corrected chi connectivity index (χ2v) is 13.7. The number of nitrogens with one attached hydrogen (secondary N) is 4. The number of aryl methyl sites for hydroxylation is 1. The molecule has 13 heteroatoms. The lowest BCUT2D eigenvalue weighted by Gasteiger charge is -2.26. The zero-order valence-corrected chi connectivity index (χ0v) is 29.8. The normalized spacial score (nSPS) is 13.9. The van der Waals surface area contributed by atoms with Gasteiger partial charge in [-0.1, -0.05) is 70.5 Å². The molecule has 0 saturated heterocycles. The number of carboxylic acids is 1. The van der Waals surface area contributed by atoms with Gasteiger partial charge in [-0.05, 0) is 68.0 Å². The van der Waals surface area contributed by atoms with Crippen LogP contribution in [0, 0.1) is 18.8 Å². The third-order valence-corrected chi connectivity index (χ3v) is 8.44. The number of carboxylic acid groups (broad SMARTS) is 1. The summed E-state index contributed by atoms with van der Waals surface area (Å²) in [5.41, 5.74) is 14.0. The summed E-state index contributed by atoms with van der Waals surface area (Å²) in [4.78, 5) is 69.2. The Morgan fingerprint density at radius 2 is 1.42 bits per heavy atom. The number of fused-ring (bicyclic) bond motifs is 3. The number of unbranched alkanes of at least 4 members (excludes halogenated alkanes) is 1. The molecule has 1 heterocycles. The number of aromatic nitrogens is 1. The first-order valence-corrected chi connectivity index (χ1v) is 17.3. The van der Waals surface area contributed by atoms with Crippen molar-refractivity contribution >= 4 is 51.3 Å². The predicted molar refractivity (Wildman–Crippen MR) is 194 cm³/mol. The minimum atomic E-state index is -1.25. The van der Waals surface area contributed by atoms with Gasteiger partial charge in [-0.2, -0.15) is 0 Å². The lowest BCUT2D eigenvalue weighted by atomic mass is 9.98. The first-order valence-electron chi connectivity index (χ1n) is 17.3. The number of carbonyl (C=O) groups excluding carboxylic acids is 4. The van der Waals surface area contributed by atoms with Crippen molar-refractivity contribution in [3.63, 3.8) is 0 Å². The maximum absolute atomic E-state index is 13.4. The van der Waals surface area contributed by atoms with Crippen LogP contribution < -0.4 is 32.7 Å². The van der Waals surface area contributed by atoms with Gasteiger partial charge in [0.05, 0.1) is 18.1 Å². The van der Waals surface area contributed by atoms with Gasteiger partial charge in [0.2, 0.25) is 23.6 Å². The number of carbonyl (C=O) groups is 5. The molecule has 0 bridgehead atoms. The summed E-state index contributed by atoms with van der Waals surface area (Å²) < 4.78 is 0. The molecule has 3 rings (SSSR count). The Balaban J connectivity index is 1.65. The fraction of sp³-hybridized carbons (Fsp3) is 0.514. The molecule has 4 amide bonds. The molecule has 9 N–H and O–H groups in total. The van der Waals surface area contributed by atoms with Crippen molar-refractivity contribution in [3.8, 4) is 0 Å². The molecule has 0 unspecified atom stereocenters. The van der Waals surface area contributed by atoms with Gasteiger partial charge in [0.1, 0.15) is 18.1 Å². The van der Waals surface area contributed by atoms with E-state index in [1.54, 1.807) is 0 Å². The molecule has 272 valence electrons. The average Bonchev–Trinajstić information content (AvgIpc) is 3.05. The lowest BCUT2D eigenvalue weighted by molar-refractivity contribution is -0.141. The van der Waals surface area contributed by atoms with Gasteiger partial charge in [-0.3, -0.25) is 24.2 Å². The topological polar surface area (TPSA) is 219 Å². The van der Waals surface area contributed by atoms with Crippen LogP contribution in [0.3, 0.4) is 0 Å². The largest absolute Gasteiger partial charge is 0.480 e. The summed E-state index contributed by atoms with van der Waals surface area (Å²) in [5.74, 6) is -3.45. The van der Waals surface area contributed by atoms with Gasteiger partial charge in [0, 0.05) is 22.9 Å². The van der Waals surface area contributed by atoms with Crippen LogP contribution in [0.5, 0.6) is 0 Å². The molecule has 13 nitrogen and oxygen atoms in total. The number of rotatable bonds is 19. The highest BCUT2D eigenvalue weighted by Crippen LogP contribution is 2.27. The van der Waals surface area contributed by atoms with Crippen LogP contribution in [-0.2, 0) is 30.4 Å². The highest BCUT2D eigenvalue weighted by Gasteiger charge is 2.30. The molecule has 1 aromatic heterocycles. The molecule has 0 aliphatic rings. The van der Waals surface area contributed by atoms with E-state index in [2.05, 4.69) is 26.3 Å². The Morgan fingerprint density at radius 1 is 0.780 bits per heavy atom. The molecule has 0 spiro atoms. The molecule has 0 aliphatic heterocycles. The predicted octanol–water partition coefficient (Wildman–Crippen LogP) is 2.44. The molecular formula is C37H53N7O6. The van der Waals surface area contributed by atoms with E-state index in [1.165, 1.54) is 0 Å². The lowest BCUT2D eigenvalue weighted by Crippen LogP contribution is -2.57. The number of hydrogen-bond acceptors (Lipinski definition) is 8. The number of aliphatic carboxylic acids is 1. The SMILES string of the molecule is Cc1nc2ccccc2c2cc(C[C@H](NC(=O)CNC(=O)[C@H](CC(C)C)NC(=O)[C@H](CC(C)C)NC(=O)[C@@H](N)CCCCN)C(=O)O)ccc12. The van der Waals surface area contributed by atoms with E-state index in [-0.39, 0.29) is 24.7 Å². The highest BCUT2D eigenvalue weighted by molar-refractivity contribution is 6.06. The van der Waals surface area contributed by atoms with Crippen molar-refractivity contribution in [3.05, 3.63) is 53.7 Å². The van der Waals surface area contributed by atoms with E-state index >= 15 is 0 Å². The quantitative estimate of drug-likeness (QED) is 0.0724. The Kier molecular flexibility index (Phi) is 15.1. The smallest absolute Gasteiger partial charge is 0.326 e. The number of benzene rings is 2. The number of nitrogens with zero attached hydrogens (tertiary/aromatic N) is 1. The summed E-state index contributed by atoms with van der Waals surface area (Å²) in [5, 5.41) is 23.3. The molecule has 4 atom stereocenters. The van der Waals surface area contributed by atoms with Crippen LogP contribution in [0.25, 0.3) is 21.7 Å². The number of para-hydroxylation sites is 1. The van der Waals surface area contributed by atoms with Crippen LogP contribution in [0.15, 0.2) is 42.5 Å². The molecule has 3 aromatic rings. The molecule has 50 heavy (non-hydrogen) atoms. The van der Waals surface area contributed by atoms with E-state index < -0.39 is 60.3 Å². The van der Waals surface area contributed by atoms with E-state index in [0.29, 0.717) is 31.4 Å². The van der Waals surface area contributed by atoms with Crippen LogP contribution >= 0.6 is 0 Å². The van der Waals surface area contributed by atoms with E-state index in [4.69, 9.17) is 11.5 Å². The zero-order valence-electron chi connectivity index (χ0n) is 29.8. The zero-order chi connectivity index (χ0) is 37.0. The van der Waals surface area contributed by atoms with Crippen LogP contribution in [0.4, 0.5) is 0 Å². The molecular weight excluding hydrogens is 638 g/mol. The van der Waals surface area contributed by atoms with Crippen molar-refractivity contribution in [2.75, 3.05) is 13.1 Å². The fourth-order valence-corrected chi connectivity index (χ4v) is 5.86. The van der Waals surface area contributed by atoms with Gasteiger partial charge in [-0.25, -0.2) is 4.79 Å². The van der Waals surface area contributed by atoms with Crippen LogP contribution in [0.2, 0.25) is 0 Å². The second-order valence-electron chi connectivity index (χ2n) is 13.7. The standard InChI is InChI=1S/C37H53N7O6/c1-21(2)16-30(44-36(48)31(17-22(3)4)43-34(46)28(39)11-8-9-15-38)35(47)40-20-33(45)42-32(37(49)50)19-24-13-14-25-23(5)41-29-12-7-6-10-26(29)27(25)18-24/h6-7,10,12-14,18,21-22,28,30-32H,8-9,11,15-17,19-20,38-39H2,1-5H3,(H,40,47)(H,42,45)(H,43,46)(H,44,48)(H,49,50)/t28-,30-,31-,32-/m0/s1. The third-order valence-electron chi connectivity index (χ3n) is 8.44. The number of nitrogens with two attached hydrogens (primary N) is 2. The Morgan fingerprint density at radius 3 is 2.06 bits per heavy atom. The Hall–Kier alpha value is -4.62. The molecule has 0 saturated carbocycles. The van der Waals surface area contributed by atoms with Gasteiger partial charge >= 0.3 is 5.97 Å². The monoisotopic (exact) mass is 691 g/mol. The highest BCUT2D eigenvalue weighted by atomic mass is 16.4. The summed E-state index contributed by atoms with van der Waals surface area (Å²) >= 11 is 0. The summed E-state index contributed by atoms with van der Waals surface area (Å²) in [7, 11) is 0. The maximum atomic E-state index is 13.4. The number of pyridine rings is 1. The molecule has 0 radical (unpaired) electrons. The first-order chi connectivity index (χ1) is 23.7. The van der Waals surface area contributed by atoms with E-state index in [9.17, 15) is 29.1 Å². The first kappa shape index (κ1) is 39.8. The minimum absolute atomic E-state index is 0.00372.